The lowest BCUT2D eigenvalue weighted by atomic mass is 10.0. The Morgan fingerprint density at radius 2 is 2.14 bits per heavy atom. The topological polar surface area (TPSA) is 21.7 Å². The molecule has 1 aliphatic heterocycles. The summed E-state index contributed by atoms with van der Waals surface area (Å²) in [7, 11) is 1.70. The third kappa shape index (κ3) is 4.94. The molecule has 1 heterocycles. The van der Waals surface area contributed by atoms with Gasteiger partial charge in [-0.25, -0.2) is 0 Å². The van der Waals surface area contributed by atoms with E-state index >= 15 is 0 Å². The highest BCUT2D eigenvalue weighted by atomic mass is 16.5. The quantitative estimate of drug-likeness (QED) is 0.606. The minimum absolute atomic E-state index is 0.705. The van der Waals surface area contributed by atoms with Crippen molar-refractivity contribution in [3.05, 3.63) is 0 Å². The zero-order valence-corrected chi connectivity index (χ0v) is 9.50. The molecule has 0 radical (unpaired) electrons. The van der Waals surface area contributed by atoms with Crippen LogP contribution in [0.5, 0.6) is 0 Å². The summed E-state index contributed by atoms with van der Waals surface area (Å²) < 4.78 is 10.4. The number of likely N-dealkylation sites (tertiary alicyclic amines) is 1. The Bertz CT molecular complexity index is 141. The smallest absolute Gasteiger partial charge is 0.0700 e. The Balaban J connectivity index is 1.95. The minimum Gasteiger partial charge on any atom is -0.382 e. The van der Waals surface area contributed by atoms with Crippen LogP contribution in [0.1, 0.15) is 19.8 Å². The van der Waals surface area contributed by atoms with Crippen LogP contribution in [0.4, 0.5) is 0 Å². The van der Waals surface area contributed by atoms with Gasteiger partial charge in [0.25, 0.3) is 0 Å². The molecule has 0 aromatic carbocycles. The van der Waals surface area contributed by atoms with Crippen LogP contribution in [0.3, 0.4) is 0 Å². The predicted molar refractivity (Wildman–Crippen MR) is 57.5 cm³/mol. The fraction of sp³-hybridized carbons (Fsp3) is 1.00. The molecule has 1 atom stereocenters. The van der Waals surface area contributed by atoms with Crippen molar-refractivity contribution in [1.29, 1.82) is 0 Å². The molecule has 0 saturated carbocycles. The third-order valence-corrected chi connectivity index (χ3v) is 2.72. The zero-order chi connectivity index (χ0) is 10.2. The first-order chi connectivity index (χ1) is 6.83. The summed E-state index contributed by atoms with van der Waals surface area (Å²) in [5, 5.41) is 0. The second kappa shape index (κ2) is 7.21. The molecule has 3 nitrogen and oxygen atoms in total. The van der Waals surface area contributed by atoms with E-state index in [1.807, 2.05) is 0 Å². The van der Waals surface area contributed by atoms with Crippen molar-refractivity contribution < 1.29 is 9.47 Å². The molecular weight excluding hydrogens is 178 g/mol. The summed E-state index contributed by atoms with van der Waals surface area (Å²) in [4.78, 5) is 2.50. The zero-order valence-electron chi connectivity index (χ0n) is 9.50. The van der Waals surface area contributed by atoms with E-state index in [0.717, 1.165) is 25.7 Å². The maximum absolute atomic E-state index is 5.45. The van der Waals surface area contributed by atoms with Crippen molar-refractivity contribution >= 4 is 0 Å². The number of nitrogens with zero attached hydrogens (tertiary/aromatic N) is 1. The number of rotatable bonds is 6. The molecule has 0 unspecified atom stereocenters. The van der Waals surface area contributed by atoms with E-state index in [9.17, 15) is 0 Å². The molecule has 0 spiro atoms. The van der Waals surface area contributed by atoms with E-state index in [2.05, 4.69) is 11.8 Å². The Morgan fingerprint density at radius 1 is 1.29 bits per heavy atom. The lowest BCUT2D eigenvalue weighted by molar-refractivity contribution is 0.0503. The lowest BCUT2D eigenvalue weighted by Gasteiger charge is -2.30. The van der Waals surface area contributed by atoms with Gasteiger partial charge in [0.1, 0.15) is 0 Å². The van der Waals surface area contributed by atoms with E-state index < -0.39 is 0 Å². The Labute approximate surface area is 87.4 Å². The molecule has 1 fully saturated rings. The van der Waals surface area contributed by atoms with Crippen LogP contribution in [-0.4, -0.2) is 51.5 Å². The second-order valence-corrected chi connectivity index (χ2v) is 4.15. The highest BCUT2D eigenvalue weighted by molar-refractivity contribution is 4.69. The average Bonchev–Trinajstić information content (AvgIpc) is 2.18. The standard InChI is InChI=1S/C11H23NO2/c1-11-4-3-5-12(10-11)6-7-14-9-8-13-2/h11H,3-10H2,1-2H3/t11-/m0/s1. The van der Waals surface area contributed by atoms with Crippen LogP contribution in [0, 0.1) is 5.92 Å². The fourth-order valence-electron chi connectivity index (χ4n) is 1.93. The summed E-state index contributed by atoms with van der Waals surface area (Å²) >= 11 is 0. The number of ether oxygens (including phenoxy) is 2. The van der Waals surface area contributed by atoms with Gasteiger partial charge in [0.05, 0.1) is 19.8 Å². The first kappa shape index (κ1) is 12.0. The average molecular weight is 201 g/mol. The highest BCUT2D eigenvalue weighted by Gasteiger charge is 2.15. The third-order valence-electron chi connectivity index (χ3n) is 2.72. The van der Waals surface area contributed by atoms with E-state index in [4.69, 9.17) is 9.47 Å². The molecule has 0 N–H and O–H groups in total. The number of piperidine rings is 1. The Morgan fingerprint density at radius 3 is 2.86 bits per heavy atom. The normalized spacial score (nSPS) is 24.0. The van der Waals surface area contributed by atoms with Crippen molar-refractivity contribution in [3.8, 4) is 0 Å². The summed E-state index contributed by atoms with van der Waals surface area (Å²) in [6, 6.07) is 0. The summed E-state index contributed by atoms with van der Waals surface area (Å²) in [5.74, 6) is 0.864. The van der Waals surface area contributed by atoms with Gasteiger partial charge in [0.15, 0.2) is 0 Å². The molecule has 84 valence electrons. The van der Waals surface area contributed by atoms with Crippen LogP contribution < -0.4 is 0 Å². The second-order valence-electron chi connectivity index (χ2n) is 4.15. The maximum atomic E-state index is 5.45. The molecule has 0 aromatic rings. The van der Waals surface area contributed by atoms with Gasteiger partial charge in [-0.15, -0.1) is 0 Å². The molecule has 1 saturated heterocycles. The largest absolute Gasteiger partial charge is 0.382 e. The molecule has 3 heteroatoms. The van der Waals surface area contributed by atoms with E-state index in [1.54, 1.807) is 7.11 Å². The summed E-state index contributed by atoms with van der Waals surface area (Å²) in [6.45, 7) is 8.17. The molecule has 0 bridgehead atoms. The SMILES string of the molecule is COCCOCCN1CCC[C@H](C)C1. The van der Waals surface area contributed by atoms with Crippen molar-refractivity contribution in [3.63, 3.8) is 0 Å². The van der Waals surface area contributed by atoms with Crippen molar-refractivity contribution in [2.75, 3.05) is 46.6 Å². The Hall–Kier alpha value is -0.120. The fourth-order valence-corrected chi connectivity index (χ4v) is 1.93. The molecule has 1 rings (SSSR count). The Kier molecular flexibility index (Phi) is 6.15. The van der Waals surface area contributed by atoms with Gasteiger partial charge >= 0.3 is 0 Å². The highest BCUT2D eigenvalue weighted by Crippen LogP contribution is 2.14. The van der Waals surface area contributed by atoms with Gasteiger partial charge in [-0.3, -0.25) is 0 Å². The first-order valence-electron chi connectivity index (χ1n) is 5.62. The lowest BCUT2D eigenvalue weighted by Crippen LogP contribution is -2.36. The van der Waals surface area contributed by atoms with Gasteiger partial charge in [-0.05, 0) is 25.3 Å². The van der Waals surface area contributed by atoms with Gasteiger partial charge in [-0.1, -0.05) is 6.92 Å². The van der Waals surface area contributed by atoms with E-state index in [1.165, 1.54) is 25.9 Å². The minimum atomic E-state index is 0.705. The first-order valence-corrected chi connectivity index (χ1v) is 5.62. The molecule has 0 amide bonds. The summed E-state index contributed by atoms with van der Waals surface area (Å²) in [5.41, 5.74) is 0. The van der Waals surface area contributed by atoms with E-state index in [0.29, 0.717) is 6.61 Å². The van der Waals surface area contributed by atoms with Crippen LogP contribution >= 0.6 is 0 Å². The number of hydrogen-bond donors (Lipinski definition) is 0. The van der Waals surface area contributed by atoms with E-state index in [-0.39, 0.29) is 0 Å². The maximum Gasteiger partial charge on any atom is 0.0700 e. The van der Waals surface area contributed by atoms with Gasteiger partial charge < -0.3 is 14.4 Å². The number of hydrogen-bond acceptors (Lipinski definition) is 3. The molecule has 0 aromatic heterocycles. The molecule has 0 aliphatic carbocycles. The molecule has 1 aliphatic rings. The van der Waals surface area contributed by atoms with Crippen molar-refractivity contribution in [2.24, 2.45) is 5.92 Å². The van der Waals surface area contributed by atoms with Crippen molar-refractivity contribution in [1.82, 2.24) is 4.90 Å². The molecular formula is C11H23NO2. The van der Waals surface area contributed by atoms with Gasteiger partial charge in [0, 0.05) is 20.2 Å². The number of methoxy groups -OCH3 is 1. The van der Waals surface area contributed by atoms with Crippen molar-refractivity contribution in [2.45, 2.75) is 19.8 Å². The van der Waals surface area contributed by atoms with Gasteiger partial charge in [0.2, 0.25) is 0 Å². The predicted octanol–water partition coefficient (Wildman–Crippen LogP) is 1.38. The van der Waals surface area contributed by atoms with Crippen LogP contribution in [-0.2, 0) is 9.47 Å². The van der Waals surface area contributed by atoms with Crippen LogP contribution in [0.25, 0.3) is 0 Å². The van der Waals surface area contributed by atoms with Gasteiger partial charge in [-0.2, -0.15) is 0 Å². The van der Waals surface area contributed by atoms with Crippen LogP contribution in [0.2, 0.25) is 0 Å². The van der Waals surface area contributed by atoms with Crippen LogP contribution in [0.15, 0.2) is 0 Å². The monoisotopic (exact) mass is 201 g/mol. The molecule has 14 heavy (non-hydrogen) atoms. The summed E-state index contributed by atoms with van der Waals surface area (Å²) in [6.07, 6.45) is 2.74.